The smallest absolute Gasteiger partial charge is 0.316 e. The average Bonchev–Trinajstić information content (AvgIpc) is 3.10. The Hall–Kier alpha value is -2.16. The van der Waals surface area contributed by atoms with E-state index < -0.39 is 0 Å². The van der Waals surface area contributed by atoms with Gasteiger partial charge in [-0.2, -0.15) is 0 Å². The Morgan fingerprint density at radius 1 is 1.42 bits per heavy atom. The highest BCUT2D eigenvalue weighted by Gasteiger charge is 2.29. The number of aryl methyl sites for hydroxylation is 1. The highest BCUT2D eigenvalue weighted by atomic mass is 32.2. The van der Waals surface area contributed by atoms with Gasteiger partial charge in [-0.15, -0.1) is 11.3 Å². The number of carbonyl (C=O) groups excluding carboxylic acids is 1. The molecule has 164 valence electrons. The van der Waals surface area contributed by atoms with Crippen LogP contribution in [0.25, 0.3) is 15.9 Å². The number of esters is 1. The number of benzene rings is 1. The molecule has 1 unspecified atom stereocenters. The van der Waals surface area contributed by atoms with Crippen molar-refractivity contribution < 1.29 is 14.3 Å². The van der Waals surface area contributed by atoms with E-state index >= 15 is 0 Å². The number of aromatic nitrogens is 2. The zero-order chi connectivity index (χ0) is 22.1. The number of hydrogen-bond acceptors (Lipinski definition) is 7. The number of fused-ring (bicyclic) bond motifs is 3. The topological polar surface area (TPSA) is 70.4 Å². The molecule has 0 fully saturated rings. The fourth-order valence-corrected chi connectivity index (χ4v) is 5.73. The minimum Gasteiger partial charge on any atom is -0.465 e. The largest absolute Gasteiger partial charge is 0.465 e. The third kappa shape index (κ3) is 4.42. The van der Waals surface area contributed by atoms with Crippen molar-refractivity contribution in [2.24, 2.45) is 5.92 Å². The summed E-state index contributed by atoms with van der Waals surface area (Å²) in [6, 6.07) is 7.77. The van der Waals surface area contributed by atoms with Crippen molar-refractivity contribution in [1.29, 1.82) is 0 Å². The number of carbonyl (C=O) groups is 1. The molecule has 6 nitrogen and oxygen atoms in total. The Bertz CT molecular complexity index is 1180. The number of rotatable bonds is 6. The van der Waals surface area contributed by atoms with Crippen LogP contribution in [-0.4, -0.2) is 34.0 Å². The van der Waals surface area contributed by atoms with E-state index in [1.165, 1.54) is 23.1 Å². The summed E-state index contributed by atoms with van der Waals surface area (Å²) in [5.74, 6) is 0.145. The Morgan fingerprint density at radius 3 is 2.94 bits per heavy atom. The van der Waals surface area contributed by atoms with Crippen LogP contribution in [0.15, 0.2) is 34.2 Å². The lowest BCUT2D eigenvalue weighted by atomic mass is 9.96. The van der Waals surface area contributed by atoms with Crippen LogP contribution in [0.3, 0.4) is 0 Å². The monoisotopic (exact) mass is 458 g/mol. The quantitative estimate of drug-likeness (QED) is 0.308. The van der Waals surface area contributed by atoms with Crippen molar-refractivity contribution in [3.8, 4) is 5.69 Å². The summed E-state index contributed by atoms with van der Waals surface area (Å²) >= 11 is 2.74. The molecule has 1 aliphatic rings. The SMILES string of the molecule is CCOC(=O)CSc1nc2sc3c(c2c(=O)n1-c1cccc(C)c1)CC(C(C)C)OC3. The van der Waals surface area contributed by atoms with E-state index in [0.717, 1.165) is 21.7 Å². The van der Waals surface area contributed by atoms with Crippen molar-refractivity contribution in [2.75, 3.05) is 12.4 Å². The molecule has 0 bridgehead atoms. The maximum atomic E-state index is 13.8. The van der Waals surface area contributed by atoms with Gasteiger partial charge in [0.1, 0.15) is 4.83 Å². The first kappa shape index (κ1) is 22.0. The van der Waals surface area contributed by atoms with Gasteiger partial charge in [-0.1, -0.05) is 37.7 Å². The number of thioether (sulfide) groups is 1. The Kier molecular flexibility index (Phi) is 6.50. The minimum atomic E-state index is -0.323. The number of nitrogens with zero attached hydrogens (tertiary/aromatic N) is 2. The predicted molar refractivity (Wildman–Crippen MR) is 124 cm³/mol. The molecule has 0 saturated heterocycles. The van der Waals surface area contributed by atoms with Crippen molar-refractivity contribution in [3.63, 3.8) is 0 Å². The molecule has 1 aliphatic heterocycles. The summed E-state index contributed by atoms with van der Waals surface area (Å²) in [6.07, 6.45) is 0.808. The van der Waals surface area contributed by atoms with Crippen molar-refractivity contribution in [2.45, 2.75) is 52.0 Å². The van der Waals surface area contributed by atoms with Crippen molar-refractivity contribution >= 4 is 39.3 Å². The van der Waals surface area contributed by atoms with E-state index in [0.29, 0.717) is 40.9 Å². The fraction of sp³-hybridized carbons (Fsp3) is 0.435. The Balaban J connectivity index is 1.87. The highest BCUT2D eigenvalue weighted by Crippen LogP contribution is 2.36. The average molecular weight is 459 g/mol. The molecule has 31 heavy (non-hydrogen) atoms. The van der Waals surface area contributed by atoms with Crippen LogP contribution < -0.4 is 5.56 Å². The summed E-state index contributed by atoms with van der Waals surface area (Å²) < 4.78 is 12.7. The zero-order valence-corrected chi connectivity index (χ0v) is 19.8. The first-order valence-corrected chi connectivity index (χ1v) is 12.2. The van der Waals surface area contributed by atoms with Crippen LogP contribution in [0, 0.1) is 12.8 Å². The van der Waals surface area contributed by atoms with Gasteiger partial charge in [0.2, 0.25) is 0 Å². The second-order valence-corrected chi connectivity index (χ2v) is 9.98. The molecule has 2 aromatic heterocycles. The summed E-state index contributed by atoms with van der Waals surface area (Å²) in [6.45, 7) is 8.87. The van der Waals surface area contributed by atoms with Crippen molar-refractivity contribution in [1.82, 2.24) is 9.55 Å². The van der Waals surface area contributed by atoms with E-state index in [1.807, 2.05) is 31.2 Å². The van der Waals surface area contributed by atoms with Gasteiger partial charge >= 0.3 is 5.97 Å². The van der Waals surface area contributed by atoms with Crippen LogP contribution in [0.5, 0.6) is 0 Å². The third-order valence-electron chi connectivity index (χ3n) is 5.34. The van der Waals surface area contributed by atoms with Crippen LogP contribution in [0.2, 0.25) is 0 Å². The first-order valence-electron chi connectivity index (χ1n) is 10.4. The van der Waals surface area contributed by atoms with Gasteiger partial charge in [-0.25, -0.2) is 4.98 Å². The Labute approximate surface area is 189 Å². The zero-order valence-electron chi connectivity index (χ0n) is 18.1. The van der Waals surface area contributed by atoms with E-state index in [4.69, 9.17) is 14.5 Å². The van der Waals surface area contributed by atoms with E-state index in [-0.39, 0.29) is 23.4 Å². The lowest BCUT2D eigenvalue weighted by Crippen LogP contribution is -2.28. The molecule has 0 saturated carbocycles. The van der Waals surface area contributed by atoms with Gasteiger partial charge in [-0.3, -0.25) is 14.2 Å². The fourth-order valence-electron chi connectivity index (χ4n) is 3.75. The summed E-state index contributed by atoms with van der Waals surface area (Å²) in [4.78, 5) is 32.4. The molecule has 0 spiro atoms. The molecule has 0 aliphatic carbocycles. The molecule has 3 heterocycles. The molecule has 8 heteroatoms. The van der Waals surface area contributed by atoms with Crippen LogP contribution >= 0.6 is 23.1 Å². The van der Waals surface area contributed by atoms with E-state index in [9.17, 15) is 9.59 Å². The molecule has 1 aromatic carbocycles. The molecule has 1 atom stereocenters. The van der Waals surface area contributed by atoms with Gasteiger partial charge in [0.15, 0.2) is 5.16 Å². The maximum Gasteiger partial charge on any atom is 0.316 e. The Morgan fingerprint density at radius 2 is 2.23 bits per heavy atom. The molecule has 3 aromatic rings. The van der Waals surface area contributed by atoms with Crippen LogP contribution in [-0.2, 0) is 27.3 Å². The summed E-state index contributed by atoms with van der Waals surface area (Å²) in [5, 5.41) is 1.17. The maximum absolute atomic E-state index is 13.8. The summed E-state index contributed by atoms with van der Waals surface area (Å²) in [7, 11) is 0. The molecular formula is C23H26N2O4S2. The molecule has 4 rings (SSSR count). The standard InChI is InChI=1S/C23H26N2O4S2/c1-5-28-19(26)12-30-23-24-21-20(16-10-17(13(2)3)29-11-18(16)31-21)22(27)25(23)15-8-6-7-14(4)9-15/h6-9,13,17H,5,10-12H2,1-4H3. The first-order chi connectivity index (χ1) is 14.9. The van der Waals surface area contributed by atoms with Gasteiger partial charge in [0.25, 0.3) is 5.56 Å². The van der Waals surface area contributed by atoms with E-state index in [2.05, 4.69) is 13.8 Å². The van der Waals surface area contributed by atoms with Gasteiger partial charge in [0, 0.05) is 11.3 Å². The molecule has 0 radical (unpaired) electrons. The van der Waals surface area contributed by atoms with Gasteiger partial charge in [-0.05, 0) is 43.0 Å². The highest BCUT2D eigenvalue weighted by molar-refractivity contribution is 7.99. The number of hydrogen-bond donors (Lipinski definition) is 0. The predicted octanol–water partition coefficient (Wildman–Crippen LogP) is 4.51. The second-order valence-electron chi connectivity index (χ2n) is 7.95. The number of ether oxygens (including phenoxy) is 2. The molecule has 0 amide bonds. The van der Waals surface area contributed by atoms with E-state index in [1.54, 1.807) is 11.5 Å². The second kappa shape index (κ2) is 9.14. The molecular weight excluding hydrogens is 432 g/mol. The third-order valence-corrected chi connectivity index (χ3v) is 7.35. The normalized spacial score (nSPS) is 16.0. The van der Waals surface area contributed by atoms with Crippen LogP contribution in [0.4, 0.5) is 0 Å². The number of thiophene rings is 1. The molecule has 0 N–H and O–H groups in total. The van der Waals surface area contributed by atoms with Crippen molar-refractivity contribution in [3.05, 3.63) is 50.6 Å². The lowest BCUT2D eigenvalue weighted by Gasteiger charge is -2.26. The van der Waals surface area contributed by atoms with Gasteiger partial charge < -0.3 is 9.47 Å². The van der Waals surface area contributed by atoms with Crippen LogP contribution in [0.1, 0.15) is 36.8 Å². The summed E-state index contributed by atoms with van der Waals surface area (Å²) in [5.41, 5.74) is 2.76. The minimum absolute atomic E-state index is 0.0926. The van der Waals surface area contributed by atoms with Gasteiger partial charge in [0.05, 0.1) is 36.1 Å². The lowest BCUT2D eigenvalue weighted by molar-refractivity contribution is -0.139.